The van der Waals surface area contributed by atoms with Crippen molar-refractivity contribution in [3.05, 3.63) is 35.4 Å². The van der Waals surface area contributed by atoms with Gasteiger partial charge in [0.2, 0.25) is 0 Å². The highest BCUT2D eigenvalue weighted by atomic mass is 14.9. The Labute approximate surface area is 106 Å². The molecule has 1 aliphatic rings. The van der Waals surface area contributed by atoms with Gasteiger partial charge in [-0.05, 0) is 55.7 Å². The molecule has 1 nitrogen and oxygen atoms in total. The Hall–Kier alpha value is -0.820. The maximum absolute atomic E-state index is 3.57. The van der Waals surface area contributed by atoms with Gasteiger partial charge in [-0.2, -0.15) is 0 Å². The SMILES string of the molecule is CC(C)Cc1cccc(CCCNC2CC2)c1. The first kappa shape index (κ1) is 12.6. The van der Waals surface area contributed by atoms with Crippen LogP contribution in [0.25, 0.3) is 0 Å². The van der Waals surface area contributed by atoms with Gasteiger partial charge in [0.15, 0.2) is 0 Å². The highest BCUT2D eigenvalue weighted by Crippen LogP contribution is 2.18. The zero-order chi connectivity index (χ0) is 12.1. The second-order valence-corrected chi connectivity index (χ2v) is 5.75. The van der Waals surface area contributed by atoms with E-state index in [1.54, 1.807) is 0 Å². The van der Waals surface area contributed by atoms with Crippen molar-refractivity contribution in [3.63, 3.8) is 0 Å². The highest BCUT2D eigenvalue weighted by molar-refractivity contribution is 5.23. The van der Waals surface area contributed by atoms with Crippen molar-refractivity contribution in [3.8, 4) is 0 Å². The fourth-order valence-corrected chi connectivity index (χ4v) is 2.27. The lowest BCUT2D eigenvalue weighted by Crippen LogP contribution is -2.17. The molecule has 0 spiro atoms. The summed E-state index contributed by atoms with van der Waals surface area (Å²) >= 11 is 0. The van der Waals surface area contributed by atoms with Gasteiger partial charge in [-0.3, -0.25) is 0 Å². The summed E-state index contributed by atoms with van der Waals surface area (Å²) < 4.78 is 0. The van der Waals surface area contributed by atoms with Crippen molar-refractivity contribution in [2.24, 2.45) is 5.92 Å². The zero-order valence-electron chi connectivity index (χ0n) is 11.2. The van der Waals surface area contributed by atoms with Gasteiger partial charge >= 0.3 is 0 Å². The Morgan fingerprint density at radius 2 is 2.00 bits per heavy atom. The number of hydrogen-bond acceptors (Lipinski definition) is 1. The Balaban J connectivity index is 1.74. The molecular formula is C16H25N. The van der Waals surface area contributed by atoms with Crippen LogP contribution in [0.1, 0.15) is 44.2 Å². The summed E-state index contributed by atoms with van der Waals surface area (Å²) in [6.07, 6.45) is 6.47. The van der Waals surface area contributed by atoms with Crippen LogP contribution in [0.15, 0.2) is 24.3 Å². The summed E-state index contributed by atoms with van der Waals surface area (Å²) in [7, 11) is 0. The molecule has 1 fully saturated rings. The Morgan fingerprint density at radius 3 is 2.71 bits per heavy atom. The quantitative estimate of drug-likeness (QED) is 0.707. The molecule has 2 rings (SSSR count). The summed E-state index contributed by atoms with van der Waals surface area (Å²) in [5, 5.41) is 3.57. The van der Waals surface area contributed by atoms with Crippen LogP contribution in [-0.4, -0.2) is 12.6 Å². The van der Waals surface area contributed by atoms with Gasteiger partial charge in [-0.25, -0.2) is 0 Å². The van der Waals surface area contributed by atoms with Crippen molar-refractivity contribution in [1.82, 2.24) is 5.32 Å². The van der Waals surface area contributed by atoms with E-state index in [4.69, 9.17) is 0 Å². The monoisotopic (exact) mass is 231 g/mol. The van der Waals surface area contributed by atoms with Gasteiger partial charge in [0.1, 0.15) is 0 Å². The smallest absolute Gasteiger partial charge is 0.00682 e. The predicted molar refractivity (Wildman–Crippen MR) is 74.3 cm³/mol. The second-order valence-electron chi connectivity index (χ2n) is 5.75. The first-order valence-electron chi connectivity index (χ1n) is 7.05. The van der Waals surface area contributed by atoms with Crippen molar-refractivity contribution < 1.29 is 0 Å². The number of rotatable bonds is 7. The molecule has 0 amide bonds. The average molecular weight is 231 g/mol. The minimum absolute atomic E-state index is 0.752. The largest absolute Gasteiger partial charge is 0.314 e. The van der Waals surface area contributed by atoms with E-state index in [1.807, 2.05) is 0 Å². The number of benzene rings is 1. The van der Waals surface area contributed by atoms with Gasteiger partial charge in [0, 0.05) is 6.04 Å². The van der Waals surface area contributed by atoms with E-state index in [2.05, 4.69) is 43.4 Å². The lowest BCUT2D eigenvalue weighted by atomic mass is 9.99. The standard InChI is InChI=1S/C16H25N/c1-13(2)11-15-6-3-5-14(12-15)7-4-10-17-16-8-9-16/h3,5-6,12-13,16-17H,4,7-11H2,1-2H3. The van der Waals surface area contributed by atoms with E-state index in [0.29, 0.717) is 0 Å². The van der Waals surface area contributed by atoms with Crippen molar-refractivity contribution in [2.75, 3.05) is 6.54 Å². The maximum Gasteiger partial charge on any atom is 0.00682 e. The third-order valence-corrected chi connectivity index (χ3v) is 3.29. The maximum atomic E-state index is 3.57. The number of hydrogen-bond donors (Lipinski definition) is 1. The van der Waals surface area contributed by atoms with Crippen molar-refractivity contribution in [1.29, 1.82) is 0 Å². The molecular weight excluding hydrogens is 206 g/mol. The van der Waals surface area contributed by atoms with Gasteiger partial charge in [-0.1, -0.05) is 38.1 Å². The van der Waals surface area contributed by atoms with E-state index < -0.39 is 0 Å². The average Bonchev–Trinajstić information content (AvgIpc) is 3.08. The zero-order valence-corrected chi connectivity index (χ0v) is 11.2. The van der Waals surface area contributed by atoms with Crippen LogP contribution in [0.2, 0.25) is 0 Å². The first-order chi connectivity index (χ1) is 8.24. The minimum atomic E-state index is 0.752. The molecule has 0 bridgehead atoms. The number of nitrogens with one attached hydrogen (secondary N) is 1. The Kier molecular flexibility index (Phi) is 4.61. The minimum Gasteiger partial charge on any atom is -0.314 e. The molecule has 0 aromatic heterocycles. The van der Waals surface area contributed by atoms with Gasteiger partial charge < -0.3 is 5.32 Å². The lowest BCUT2D eigenvalue weighted by molar-refractivity contribution is 0.639. The van der Waals surface area contributed by atoms with Crippen LogP contribution in [0, 0.1) is 5.92 Å². The van der Waals surface area contributed by atoms with Crippen LogP contribution >= 0.6 is 0 Å². The molecule has 0 heterocycles. The predicted octanol–water partition coefficient (Wildman–Crippen LogP) is 3.57. The van der Waals surface area contributed by atoms with Gasteiger partial charge in [0.05, 0.1) is 0 Å². The summed E-state index contributed by atoms with van der Waals surface area (Å²) in [6, 6.07) is 9.97. The molecule has 1 aliphatic carbocycles. The van der Waals surface area contributed by atoms with E-state index in [1.165, 1.54) is 49.8 Å². The third kappa shape index (κ3) is 4.91. The second kappa shape index (κ2) is 6.20. The van der Waals surface area contributed by atoms with E-state index >= 15 is 0 Å². The van der Waals surface area contributed by atoms with Crippen molar-refractivity contribution in [2.45, 2.75) is 52.0 Å². The third-order valence-electron chi connectivity index (χ3n) is 3.29. The summed E-state index contributed by atoms with van der Waals surface area (Å²) in [6.45, 7) is 5.75. The van der Waals surface area contributed by atoms with Gasteiger partial charge in [-0.15, -0.1) is 0 Å². The Morgan fingerprint density at radius 1 is 1.24 bits per heavy atom. The Bertz CT molecular complexity index is 339. The highest BCUT2D eigenvalue weighted by Gasteiger charge is 2.19. The molecule has 1 N–H and O–H groups in total. The molecule has 1 saturated carbocycles. The topological polar surface area (TPSA) is 12.0 Å². The summed E-state index contributed by atoms with van der Waals surface area (Å²) in [4.78, 5) is 0. The van der Waals surface area contributed by atoms with Crippen LogP contribution in [0.5, 0.6) is 0 Å². The molecule has 94 valence electrons. The van der Waals surface area contributed by atoms with Crippen LogP contribution < -0.4 is 5.32 Å². The summed E-state index contributed by atoms with van der Waals surface area (Å²) in [5.41, 5.74) is 2.99. The van der Waals surface area contributed by atoms with Crippen LogP contribution in [-0.2, 0) is 12.8 Å². The summed E-state index contributed by atoms with van der Waals surface area (Å²) in [5.74, 6) is 0.752. The molecule has 1 aromatic rings. The fraction of sp³-hybridized carbons (Fsp3) is 0.625. The van der Waals surface area contributed by atoms with Crippen molar-refractivity contribution >= 4 is 0 Å². The van der Waals surface area contributed by atoms with Crippen LogP contribution in [0.3, 0.4) is 0 Å². The first-order valence-corrected chi connectivity index (χ1v) is 7.05. The normalized spacial score (nSPS) is 15.5. The molecule has 0 saturated heterocycles. The molecule has 0 aliphatic heterocycles. The van der Waals surface area contributed by atoms with E-state index in [0.717, 1.165) is 12.0 Å². The molecule has 0 atom stereocenters. The molecule has 1 heteroatoms. The molecule has 0 unspecified atom stereocenters. The van der Waals surface area contributed by atoms with E-state index in [9.17, 15) is 0 Å². The lowest BCUT2D eigenvalue weighted by Gasteiger charge is -2.08. The fourth-order valence-electron chi connectivity index (χ4n) is 2.27. The molecule has 0 radical (unpaired) electrons. The van der Waals surface area contributed by atoms with E-state index in [-0.39, 0.29) is 0 Å². The molecule has 17 heavy (non-hydrogen) atoms. The van der Waals surface area contributed by atoms with Crippen LogP contribution in [0.4, 0.5) is 0 Å². The molecule has 1 aromatic carbocycles. The van der Waals surface area contributed by atoms with Gasteiger partial charge in [0.25, 0.3) is 0 Å². The number of aryl methyl sites for hydroxylation is 1.